The molecule has 0 amide bonds. The Morgan fingerprint density at radius 3 is 2.35 bits per heavy atom. The molecule has 0 saturated heterocycles. The van der Waals surface area contributed by atoms with Gasteiger partial charge in [-0.2, -0.15) is 0 Å². The fraction of sp³-hybridized carbons (Fsp3) is 0.600. The molecular formula is C15H21ClO3S. The third kappa shape index (κ3) is 3.47. The number of hydrogen-bond acceptors (Lipinski definition) is 3. The lowest BCUT2D eigenvalue weighted by Gasteiger charge is -2.19. The highest BCUT2D eigenvalue weighted by Gasteiger charge is 2.22. The summed E-state index contributed by atoms with van der Waals surface area (Å²) in [6, 6.07) is 3.47. The van der Waals surface area contributed by atoms with Crippen LogP contribution in [-0.2, 0) is 9.05 Å². The van der Waals surface area contributed by atoms with E-state index >= 15 is 0 Å². The molecule has 0 unspecified atom stereocenters. The maximum Gasteiger partial charge on any atom is 0.261 e. The van der Waals surface area contributed by atoms with Gasteiger partial charge in [0.2, 0.25) is 0 Å². The molecule has 1 fully saturated rings. The molecule has 0 atom stereocenters. The highest BCUT2D eigenvalue weighted by molar-refractivity contribution is 8.13. The van der Waals surface area contributed by atoms with Crippen LogP contribution in [0.25, 0.3) is 0 Å². The summed E-state index contributed by atoms with van der Waals surface area (Å²) in [5.74, 6) is 0.856. The average molecular weight is 317 g/mol. The van der Waals surface area contributed by atoms with Crippen LogP contribution in [0.2, 0.25) is 0 Å². The van der Waals surface area contributed by atoms with Crippen LogP contribution in [-0.4, -0.2) is 14.5 Å². The Hall–Kier alpha value is -0.740. The zero-order valence-corrected chi connectivity index (χ0v) is 13.7. The Morgan fingerprint density at radius 1 is 1.25 bits per heavy atom. The lowest BCUT2D eigenvalue weighted by Crippen LogP contribution is -2.13. The molecule has 1 aliphatic carbocycles. The van der Waals surface area contributed by atoms with Gasteiger partial charge in [0.25, 0.3) is 9.05 Å². The molecule has 112 valence electrons. The van der Waals surface area contributed by atoms with Gasteiger partial charge in [0.15, 0.2) is 0 Å². The van der Waals surface area contributed by atoms with E-state index in [2.05, 4.69) is 0 Å². The Bertz CT molecular complexity index is 587. The summed E-state index contributed by atoms with van der Waals surface area (Å²) < 4.78 is 29.4. The number of aryl methyl sites for hydroxylation is 1. The molecule has 5 heteroatoms. The molecule has 1 aromatic rings. The minimum atomic E-state index is -3.73. The third-order valence-corrected chi connectivity index (χ3v) is 5.17. The van der Waals surface area contributed by atoms with E-state index in [1.807, 2.05) is 26.8 Å². The number of hydrogen-bond donors (Lipinski definition) is 0. The van der Waals surface area contributed by atoms with Crippen molar-refractivity contribution < 1.29 is 13.2 Å². The monoisotopic (exact) mass is 316 g/mol. The minimum Gasteiger partial charge on any atom is -0.490 e. The van der Waals surface area contributed by atoms with E-state index in [9.17, 15) is 8.42 Å². The van der Waals surface area contributed by atoms with Crippen LogP contribution in [0, 0.1) is 6.92 Å². The molecule has 0 N–H and O–H groups in total. The molecule has 1 saturated carbocycles. The topological polar surface area (TPSA) is 43.4 Å². The first-order valence-corrected chi connectivity index (χ1v) is 9.36. The van der Waals surface area contributed by atoms with Crippen molar-refractivity contribution in [2.24, 2.45) is 0 Å². The molecule has 0 spiro atoms. The van der Waals surface area contributed by atoms with Gasteiger partial charge in [0.1, 0.15) is 5.75 Å². The van der Waals surface area contributed by atoms with E-state index in [1.165, 1.54) is 12.8 Å². The fourth-order valence-electron chi connectivity index (χ4n) is 2.65. The summed E-state index contributed by atoms with van der Waals surface area (Å²) in [5, 5.41) is 0. The van der Waals surface area contributed by atoms with Crippen LogP contribution in [0.3, 0.4) is 0 Å². The fourth-order valence-corrected chi connectivity index (χ4v) is 3.95. The second-order valence-corrected chi connectivity index (χ2v) is 8.31. The standard InChI is InChI=1S/C15H21ClO3S/c1-10(2)13-9-14(19-12-6-4-5-7-12)11(3)8-15(13)20(16,17)18/h8-10,12H,4-7H2,1-3H3. The van der Waals surface area contributed by atoms with Crippen molar-refractivity contribution >= 4 is 19.7 Å². The zero-order chi connectivity index (χ0) is 14.9. The predicted octanol–water partition coefficient (Wildman–Crippen LogP) is 4.37. The molecule has 1 aliphatic rings. The van der Waals surface area contributed by atoms with Crippen LogP contribution in [0.4, 0.5) is 0 Å². The number of halogens is 1. The largest absolute Gasteiger partial charge is 0.490 e. The van der Waals surface area contributed by atoms with Crippen molar-refractivity contribution in [1.82, 2.24) is 0 Å². The first-order chi connectivity index (χ1) is 9.29. The summed E-state index contributed by atoms with van der Waals surface area (Å²) >= 11 is 0. The molecule has 1 aromatic carbocycles. The lowest BCUT2D eigenvalue weighted by molar-refractivity contribution is 0.208. The number of ether oxygens (including phenoxy) is 1. The van der Waals surface area contributed by atoms with E-state index < -0.39 is 9.05 Å². The third-order valence-electron chi connectivity index (χ3n) is 3.79. The first kappa shape index (κ1) is 15.6. The van der Waals surface area contributed by atoms with E-state index in [-0.39, 0.29) is 16.9 Å². The second kappa shape index (κ2) is 5.94. The second-order valence-electron chi connectivity index (χ2n) is 5.77. The van der Waals surface area contributed by atoms with Crippen LogP contribution in [0.15, 0.2) is 17.0 Å². The van der Waals surface area contributed by atoms with Crippen LogP contribution >= 0.6 is 10.7 Å². The molecular weight excluding hydrogens is 296 g/mol. The molecule has 3 nitrogen and oxygen atoms in total. The van der Waals surface area contributed by atoms with Gasteiger partial charge in [0, 0.05) is 10.7 Å². The highest BCUT2D eigenvalue weighted by atomic mass is 35.7. The summed E-state index contributed by atoms with van der Waals surface area (Å²) in [6.45, 7) is 5.77. The molecule has 0 heterocycles. The summed E-state index contributed by atoms with van der Waals surface area (Å²) in [4.78, 5) is 0.199. The van der Waals surface area contributed by atoms with Gasteiger partial charge in [-0.3, -0.25) is 0 Å². The van der Waals surface area contributed by atoms with Crippen molar-refractivity contribution in [1.29, 1.82) is 0 Å². The first-order valence-electron chi connectivity index (χ1n) is 7.05. The van der Waals surface area contributed by atoms with Crippen LogP contribution in [0.5, 0.6) is 5.75 Å². The molecule has 0 radical (unpaired) electrons. The molecule has 0 bridgehead atoms. The smallest absolute Gasteiger partial charge is 0.261 e. The van der Waals surface area contributed by atoms with Crippen molar-refractivity contribution in [2.75, 3.05) is 0 Å². The number of rotatable bonds is 4. The summed E-state index contributed by atoms with van der Waals surface area (Å²) in [6.07, 6.45) is 4.81. The Balaban J connectivity index is 2.42. The van der Waals surface area contributed by atoms with Crippen molar-refractivity contribution in [3.63, 3.8) is 0 Å². The zero-order valence-electron chi connectivity index (χ0n) is 12.1. The van der Waals surface area contributed by atoms with Crippen LogP contribution < -0.4 is 4.74 Å². The van der Waals surface area contributed by atoms with E-state index in [0.717, 1.165) is 29.7 Å². The molecule has 20 heavy (non-hydrogen) atoms. The normalized spacial score (nSPS) is 16.9. The number of benzene rings is 1. The van der Waals surface area contributed by atoms with Crippen molar-refractivity contribution in [3.8, 4) is 5.75 Å². The Kier molecular flexibility index (Phi) is 4.65. The maximum absolute atomic E-state index is 11.7. The maximum atomic E-state index is 11.7. The van der Waals surface area contributed by atoms with Crippen molar-refractivity contribution in [3.05, 3.63) is 23.3 Å². The summed E-state index contributed by atoms with van der Waals surface area (Å²) in [5.41, 5.74) is 1.54. The minimum absolute atomic E-state index is 0.0741. The van der Waals surface area contributed by atoms with Crippen molar-refractivity contribution in [2.45, 2.75) is 63.4 Å². The SMILES string of the molecule is Cc1cc(S(=O)(=O)Cl)c(C(C)C)cc1OC1CCCC1. The van der Waals surface area contributed by atoms with Gasteiger partial charge in [-0.15, -0.1) is 0 Å². The quantitative estimate of drug-likeness (QED) is 0.775. The van der Waals surface area contributed by atoms with Gasteiger partial charge in [-0.25, -0.2) is 8.42 Å². The van der Waals surface area contributed by atoms with E-state index in [4.69, 9.17) is 15.4 Å². The van der Waals surface area contributed by atoms with E-state index in [1.54, 1.807) is 6.07 Å². The Morgan fingerprint density at radius 2 is 1.85 bits per heavy atom. The molecule has 2 rings (SSSR count). The Labute approximate surface area is 125 Å². The van der Waals surface area contributed by atoms with Crippen LogP contribution in [0.1, 0.15) is 56.6 Å². The summed E-state index contributed by atoms with van der Waals surface area (Å²) in [7, 11) is 1.81. The van der Waals surface area contributed by atoms with E-state index in [0.29, 0.717) is 0 Å². The van der Waals surface area contributed by atoms with Gasteiger partial charge >= 0.3 is 0 Å². The van der Waals surface area contributed by atoms with Gasteiger partial charge in [-0.05, 0) is 61.8 Å². The lowest BCUT2D eigenvalue weighted by atomic mass is 10.0. The van der Waals surface area contributed by atoms with Gasteiger partial charge in [0.05, 0.1) is 11.0 Å². The van der Waals surface area contributed by atoms with Gasteiger partial charge in [-0.1, -0.05) is 13.8 Å². The molecule has 0 aliphatic heterocycles. The average Bonchev–Trinajstić information content (AvgIpc) is 2.82. The highest BCUT2D eigenvalue weighted by Crippen LogP contribution is 2.34. The predicted molar refractivity (Wildman–Crippen MR) is 81.2 cm³/mol. The van der Waals surface area contributed by atoms with Gasteiger partial charge < -0.3 is 4.74 Å². The molecule has 0 aromatic heterocycles.